The fourth-order valence-corrected chi connectivity index (χ4v) is 4.61. The Hall–Kier alpha value is -2.59. The van der Waals surface area contributed by atoms with Gasteiger partial charge in [0.05, 0.1) is 19.1 Å². The van der Waals surface area contributed by atoms with Crippen molar-refractivity contribution in [1.82, 2.24) is 10.2 Å². The van der Waals surface area contributed by atoms with Crippen LogP contribution in [0, 0.1) is 0 Å². The summed E-state index contributed by atoms with van der Waals surface area (Å²) in [4.78, 5) is 27.7. The minimum atomic E-state index is -3.76. The monoisotopic (exact) mass is 539 g/mol. The first-order valence-electron chi connectivity index (χ1n) is 10.5. The van der Waals surface area contributed by atoms with Gasteiger partial charge in [-0.25, -0.2) is 8.42 Å². The van der Waals surface area contributed by atoms with Crippen LogP contribution in [-0.4, -0.2) is 57.6 Å². The van der Waals surface area contributed by atoms with E-state index >= 15 is 0 Å². The van der Waals surface area contributed by atoms with Gasteiger partial charge in [-0.1, -0.05) is 41.1 Å². The first-order chi connectivity index (χ1) is 15.6. The predicted molar refractivity (Wildman–Crippen MR) is 133 cm³/mol. The summed E-state index contributed by atoms with van der Waals surface area (Å²) in [7, 11) is -2.20. The lowest BCUT2D eigenvalue weighted by Crippen LogP contribution is -2.52. The number of methoxy groups -OCH3 is 1. The molecule has 0 radical (unpaired) electrons. The summed E-state index contributed by atoms with van der Waals surface area (Å²) in [5.74, 6) is -0.0881. The number of nitrogens with one attached hydrogen (secondary N) is 1. The van der Waals surface area contributed by atoms with Gasteiger partial charge in [-0.2, -0.15) is 0 Å². The highest BCUT2D eigenvalue weighted by atomic mass is 79.9. The van der Waals surface area contributed by atoms with Crippen molar-refractivity contribution in [2.45, 2.75) is 32.9 Å². The Labute approximate surface area is 204 Å². The predicted octanol–water partition coefficient (Wildman–Crippen LogP) is 3.17. The van der Waals surface area contributed by atoms with Crippen molar-refractivity contribution in [2.24, 2.45) is 0 Å². The van der Waals surface area contributed by atoms with Crippen molar-refractivity contribution in [1.29, 1.82) is 0 Å². The van der Waals surface area contributed by atoms with Crippen molar-refractivity contribution in [3.63, 3.8) is 0 Å². The maximum absolute atomic E-state index is 13.5. The topological polar surface area (TPSA) is 96.0 Å². The minimum absolute atomic E-state index is 0.147. The van der Waals surface area contributed by atoms with Crippen LogP contribution >= 0.6 is 15.9 Å². The van der Waals surface area contributed by atoms with E-state index < -0.39 is 28.5 Å². The summed E-state index contributed by atoms with van der Waals surface area (Å²) in [6.07, 6.45) is 1.43. The second-order valence-corrected chi connectivity index (χ2v) is 10.3. The largest absolute Gasteiger partial charge is 0.497 e. The van der Waals surface area contributed by atoms with Crippen LogP contribution in [0.4, 0.5) is 5.69 Å². The van der Waals surface area contributed by atoms with Gasteiger partial charge in [0.2, 0.25) is 21.8 Å². The smallest absolute Gasteiger partial charge is 0.244 e. The van der Waals surface area contributed by atoms with Crippen LogP contribution in [0.3, 0.4) is 0 Å². The van der Waals surface area contributed by atoms with Crippen LogP contribution in [-0.2, 0) is 26.2 Å². The molecule has 0 saturated carbocycles. The van der Waals surface area contributed by atoms with Gasteiger partial charge in [0.1, 0.15) is 18.3 Å². The molecule has 180 valence electrons. The van der Waals surface area contributed by atoms with Crippen LogP contribution in [0.1, 0.15) is 25.8 Å². The number of ether oxygens (including phenoxy) is 1. The summed E-state index contributed by atoms with van der Waals surface area (Å²) in [5, 5.41) is 2.77. The molecular formula is C23H30BrN3O5S. The number of amides is 2. The molecule has 0 heterocycles. The zero-order valence-electron chi connectivity index (χ0n) is 19.2. The van der Waals surface area contributed by atoms with Gasteiger partial charge in [-0.15, -0.1) is 0 Å². The molecule has 2 amide bonds. The van der Waals surface area contributed by atoms with Crippen molar-refractivity contribution in [3.05, 3.63) is 58.6 Å². The van der Waals surface area contributed by atoms with E-state index in [1.807, 2.05) is 19.1 Å². The summed E-state index contributed by atoms with van der Waals surface area (Å²) < 4.78 is 32.0. The normalized spacial score (nSPS) is 12.0. The van der Waals surface area contributed by atoms with Gasteiger partial charge in [-0.05, 0) is 49.2 Å². The average Bonchev–Trinajstić information content (AvgIpc) is 2.77. The fraction of sp³-hybridized carbons (Fsp3) is 0.391. The molecule has 0 aliphatic carbocycles. The Morgan fingerprint density at radius 3 is 2.30 bits per heavy atom. The van der Waals surface area contributed by atoms with Crippen LogP contribution in [0.2, 0.25) is 0 Å². The zero-order valence-corrected chi connectivity index (χ0v) is 21.6. The third-order valence-electron chi connectivity index (χ3n) is 5.02. The molecule has 0 fully saturated rings. The minimum Gasteiger partial charge on any atom is -0.497 e. The molecule has 0 aliphatic rings. The molecule has 33 heavy (non-hydrogen) atoms. The third kappa shape index (κ3) is 7.46. The standard InChI is InChI=1S/C23H30BrN3O5S/c1-5-21(23(29)25-6-2)26(15-17-10-12-20(32-3)13-11-17)22(28)16-27(33(4,30)31)19-9-7-8-18(24)14-19/h7-14,21H,5-6,15-16H2,1-4H3,(H,25,29)/t21-/m0/s1. The quantitative estimate of drug-likeness (QED) is 0.473. The van der Waals surface area contributed by atoms with E-state index in [0.717, 1.165) is 16.1 Å². The van der Waals surface area contributed by atoms with Gasteiger partial charge >= 0.3 is 0 Å². The molecular weight excluding hydrogens is 510 g/mol. The number of hydrogen-bond acceptors (Lipinski definition) is 5. The Kier molecular flexibility index (Phi) is 9.72. The second-order valence-electron chi connectivity index (χ2n) is 7.44. The van der Waals surface area contributed by atoms with Crippen LogP contribution in [0.25, 0.3) is 0 Å². The summed E-state index contributed by atoms with van der Waals surface area (Å²) in [6.45, 7) is 3.76. The van der Waals surface area contributed by atoms with Crippen LogP contribution in [0.15, 0.2) is 53.0 Å². The van der Waals surface area contributed by atoms with Crippen LogP contribution in [0.5, 0.6) is 5.75 Å². The third-order valence-corrected chi connectivity index (χ3v) is 6.66. The molecule has 0 bridgehead atoms. The number of nitrogens with zero attached hydrogens (tertiary/aromatic N) is 2. The number of hydrogen-bond donors (Lipinski definition) is 1. The zero-order chi connectivity index (χ0) is 24.6. The van der Waals surface area contributed by atoms with Crippen molar-refractivity contribution in [2.75, 3.05) is 30.8 Å². The Morgan fingerprint density at radius 2 is 1.79 bits per heavy atom. The molecule has 2 aromatic carbocycles. The number of carbonyl (C=O) groups is 2. The van der Waals surface area contributed by atoms with Gasteiger partial charge < -0.3 is 15.0 Å². The molecule has 10 heteroatoms. The molecule has 0 aliphatic heterocycles. The van der Waals surface area contributed by atoms with E-state index in [1.165, 1.54) is 4.90 Å². The highest BCUT2D eigenvalue weighted by molar-refractivity contribution is 9.10. The summed E-state index contributed by atoms with van der Waals surface area (Å²) in [6, 6.07) is 13.1. The maximum Gasteiger partial charge on any atom is 0.244 e. The number of halogens is 1. The Morgan fingerprint density at radius 1 is 1.12 bits per heavy atom. The number of carbonyl (C=O) groups excluding carboxylic acids is 2. The second kappa shape index (κ2) is 12.0. The highest BCUT2D eigenvalue weighted by Crippen LogP contribution is 2.23. The molecule has 2 rings (SSSR count). The lowest BCUT2D eigenvalue weighted by Gasteiger charge is -2.32. The van der Waals surface area contributed by atoms with E-state index in [9.17, 15) is 18.0 Å². The summed E-state index contributed by atoms with van der Waals surface area (Å²) >= 11 is 3.34. The average molecular weight is 540 g/mol. The molecule has 0 unspecified atom stereocenters. The molecule has 1 N–H and O–H groups in total. The molecule has 0 spiro atoms. The van der Waals surface area contributed by atoms with E-state index in [0.29, 0.717) is 28.9 Å². The number of likely N-dealkylation sites (N-methyl/N-ethyl adjacent to an activating group) is 1. The Balaban J connectivity index is 2.42. The van der Waals surface area contributed by atoms with Gasteiger partial charge in [0.25, 0.3) is 0 Å². The van der Waals surface area contributed by atoms with Crippen molar-refractivity contribution < 1.29 is 22.7 Å². The van der Waals surface area contributed by atoms with Crippen LogP contribution < -0.4 is 14.4 Å². The lowest BCUT2D eigenvalue weighted by molar-refractivity contribution is -0.140. The van der Waals surface area contributed by atoms with Gasteiger partial charge in [0.15, 0.2) is 0 Å². The van der Waals surface area contributed by atoms with E-state index in [4.69, 9.17) is 4.74 Å². The number of sulfonamides is 1. The fourth-order valence-electron chi connectivity index (χ4n) is 3.38. The highest BCUT2D eigenvalue weighted by Gasteiger charge is 2.31. The number of benzene rings is 2. The van der Waals surface area contributed by atoms with Crippen molar-refractivity contribution in [3.8, 4) is 5.75 Å². The Bertz CT molecular complexity index is 1060. The first-order valence-corrected chi connectivity index (χ1v) is 13.2. The van der Waals surface area contributed by atoms with Gasteiger partial charge in [-0.3, -0.25) is 13.9 Å². The first kappa shape index (κ1) is 26.7. The van der Waals surface area contributed by atoms with E-state index in [2.05, 4.69) is 21.2 Å². The maximum atomic E-state index is 13.5. The number of rotatable bonds is 11. The lowest BCUT2D eigenvalue weighted by atomic mass is 10.1. The van der Waals surface area contributed by atoms with E-state index in [1.54, 1.807) is 50.4 Å². The van der Waals surface area contributed by atoms with Crippen molar-refractivity contribution >= 4 is 43.5 Å². The molecule has 0 saturated heterocycles. The van der Waals surface area contributed by atoms with E-state index in [-0.39, 0.29) is 12.5 Å². The number of anilines is 1. The van der Waals surface area contributed by atoms with Gasteiger partial charge in [0, 0.05) is 17.6 Å². The SMILES string of the molecule is CCNC(=O)[C@H](CC)N(Cc1ccc(OC)cc1)C(=O)CN(c1cccc(Br)c1)S(C)(=O)=O. The molecule has 1 atom stereocenters. The molecule has 8 nitrogen and oxygen atoms in total. The molecule has 2 aromatic rings. The summed E-state index contributed by atoms with van der Waals surface area (Å²) in [5.41, 5.74) is 1.15. The molecule has 0 aromatic heterocycles.